The van der Waals surface area contributed by atoms with Crippen molar-refractivity contribution in [2.45, 2.75) is 57.5 Å². The maximum Gasteiger partial charge on any atom is 0.229 e. The molecule has 1 atom stereocenters. The molecule has 1 aliphatic carbocycles. The monoisotopic (exact) mass is 666 g/mol. The van der Waals surface area contributed by atoms with Crippen LogP contribution < -0.4 is 15.4 Å². The van der Waals surface area contributed by atoms with Crippen LogP contribution in [0.2, 0.25) is 0 Å². The molecule has 1 aliphatic heterocycles. The second kappa shape index (κ2) is 12.0. The Hall–Kier alpha value is -4.01. The maximum atomic E-state index is 14.9. The summed E-state index contributed by atoms with van der Waals surface area (Å²) in [7, 11) is -7.59. The standard InChI is InChI=1S/C33H38N4O7S2/c1-20(38)22-10-8-9-21(17-22)19-34-33(16-15-32(2,3)4)25-12-7-6-11-24(25)29(39)28(30(33)40)31-35-26-14-13-23(36-45(5,41)42)18-27(26)46(43,44)37-31/h6-14,17-18,34,36,39,43-44H,15-16,19H2,1-5H3,(H,35,37). The lowest BCUT2D eigenvalue weighted by molar-refractivity contribution is -0.122. The highest BCUT2D eigenvalue weighted by Crippen LogP contribution is 2.57. The number of hydrogen-bond acceptors (Lipinski definition) is 10. The minimum atomic E-state index is -3.94. The number of nitrogens with zero attached hydrogens (tertiary/aromatic N) is 1. The topological polar surface area (TPSA) is 177 Å². The molecule has 5 rings (SSSR count). The fourth-order valence-electron chi connectivity index (χ4n) is 5.65. The van der Waals surface area contributed by atoms with Gasteiger partial charge in [0.1, 0.15) is 21.8 Å². The molecule has 1 unspecified atom stereocenters. The van der Waals surface area contributed by atoms with Crippen molar-refractivity contribution in [2.24, 2.45) is 9.81 Å². The van der Waals surface area contributed by atoms with Crippen LogP contribution >= 0.6 is 10.8 Å². The van der Waals surface area contributed by atoms with Crippen molar-refractivity contribution in [3.8, 4) is 0 Å². The van der Waals surface area contributed by atoms with Gasteiger partial charge >= 0.3 is 0 Å². The van der Waals surface area contributed by atoms with Crippen molar-refractivity contribution in [3.05, 3.63) is 94.6 Å². The molecule has 0 saturated carbocycles. The summed E-state index contributed by atoms with van der Waals surface area (Å²) < 4.78 is 52.3. The van der Waals surface area contributed by atoms with E-state index in [1.54, 1.807) is 42.5 Å². The van der Waals surface area contributed by atoms with Crippen LogP contribution in [0, 0.1) is 5.41 Å². The Morgan fingerprint density at radius 2 is 1.76 bits per heavy atom. The lowest BCUT2D eigenvalue weighted by Crippen LogP contribution is -2.53. The van der Waals surface area contributed by atoms with Crippen molar-refractivity contribution in [1.82, 2.24) is 5.32 Å². The van der Waals surface area contributed by atoms with Crippen LogP contribution in [0.5, 0.6) is 0 Å². The van der Waals surface area contributed by atoms with Crippen molar-refractivity contribution in [2.75, 3.05) is 16.3 Å². The number of hydrogen-bond donors (Lipinski definition) is 6. The summed E-state index contributed by atoms with van der Waals surface area (Å²) in [6.07, 6.45) is 1.91. The van der Waals surface area contributed by atoms with Gasteiger partial charge < -0.3 is 10.4 Å². The lowest BCUT2D eigenvalue weighted by Gasteiger charge is -2.42. The van der Waals surface area contributed by atoms with Gasteiger partial charge in [-0.1, -0.05) is 74.0 Å². The Balaban J connectivity index is 1.63. The van der Waals surface area contributed by atoms with Gasteiger partial charge in [0.2, 0.25) is 10.0 Å². The Morgan fingerprint density at radius 3 is 2.43 bits per heavy atom. The molecule has 2 aliphatic rings. The number of sulfonamides is 1. The Kier molecular flexibility index (Phi) is 8.68. The highest BCUT2D eigenvalue weighted by molar-refractivity contribution is 8.23. The number of aliphatic hydroxyl groups is 1. The van der Waals surface area contributed by atoms with Gasteiger partial charge in [0.25, 0.3) is 0 Å². The summed E-state index contributed by atoms with van der Waals surface area (Å²) >= 11 is 0. The number of carbonyl (C=O) groups excluding carboxylic acids is 2. The maximum absolute atomic E-state index is 14.9. The van der Waals surface area contributed by atoms with E-state index in [2.05, 4.69) is 40.5 Å². The first kappa shape index (κ1) is 33.4. The molecule has 0 spiro atoms. The molecule has 11 nitrogen and oxygen atoms in total. The molecular weight excluding hydrogens is 629 g/mol. The van der Waals surface area contributed by atoms with Gasteiger partial charge in [-0.25, -0.2) is 8.42 Å². The van der Waals surface area contributed by atoms with Crippen LogP contribution in [0.1, 0.15) is 67.6 Å². The van der Waals surface area contributed by atoms with Gasteiger partial charge in [-0.3, -0.25) is 28.7 Å². The van der Waals surface area contributed by atoms with E-state index in [0.29, 0.717) is 29.5 Å². The number of Topliss-reactive ketones (excluding diaryl/α,β-unsaturated/α-hetero) is 2. The molecule has 46 heavy (non-hydrogen) atoms. The van der Waals surface area contributed by atoms with Crippen LogP contribution in [0.4, 0.5) is 11.4 Å². The molecule has 0 aromatic heterocycles. The van der Waals surface area contributed by atoms with E-state index in [4.69, 9.17) is 0 Å². The summed E-state index contributed by atoms with van der Waals surface area (Å²) in [4.78, 5) is 26.9. The zero-order valence-corrected chi connectivity index (χ0v) is 27.8. The predicted molar refractivity (Wildman–Crippen MR) is 182 cm³/mol. The van der Waals surface area contributed by atoms with Crippen LogP contribution in [0.25, 0.3) is 5.76 Å². The first-order chi connectivity index (χ1) is 21.4. The molecule has 1 heterocycles. The molecule has 6 N–H and O–H groups in total. The fraction of sp³-hybridized carbons (Fsp3) is 0.303. The van der Waals surface area contributed by atoms with Gasteiger partial charge in [0.15, 0.2) is 17.4 Å². The van der Waals surface area contributed by atoms with Gasteiger partial charge in [-0.15, -0.1) is 4.40 Å². The van der Waals surface area contributed by atoms with Crippen molar-refractivity contribution < 1.29 is 32.2 Å². The number of fused-ring (bicyclic) bond motifs is 2. The van der Waals surface area contributed by atoms with Gasteiger partial charge in [0, 0.05) is 17.7 Å². The minimum absolute atomic E-state index is 0.0730. The lowest BCUT2D eigenvalue weighted by atomic mass is 9.69. The predicted octanol–water partition coefficient (Wildman–Crippen LogP) is 6.47. The molecule has 0 saturated heterocycles. The van der Waals surface area contributed by atoms with Crippen molar-refractivity contribution in [1.29, 1.82) is 0 Å². The SMILES string of the molecule is CC(=O)c1cccc(CNC2(CCC(C)(C)C)C(=O)C(C3=NS(O)(O)c4cc(NS(C)(=O)=O)ccc4N3)=C(O)c3ccccc32)c1. The molecule has 3 aromatic rings. The fourth-order valence-corrected chi connectivity index (χ4v) is 7.40. The van der Waals surface area contributed by atoms with E-state index in [0.717, 1.165) is 11.8 Å². The average Bonchev–Trinajstić information content (AvgIpc) is 2.96. The number of benzene rings is 3. The largest absolute Gasteiger partial charge is 0.506 e. The number of rotatable bonds is 9. The third-order valence-corrected chi connectivity index (χ3v) is 9.93. The van der Waals surface area contributed by atoms with Crippen LogP contribution in [-0.4, -0.2) is 46.3 Å². The molecule has 3 aromatic carbocycles. The first-order valence-electron chi connectivity index (χ1n) is 14.6. The van der Waals surface area contributed by atoms with Gasteiger partial charge in [0.05, 0.1) is 17.6 Å². The van der Waals surface area contributed by atoms with E-state index in [-0.39, 0.29) is 51.2 Å². The molecular formula is C33H38N4O7S2. The zero-order valence-electron chi connectivity index (χ0n) is 26.2. The van der Waals surface area contributed by atoms with Crippen LogP contribution in [0.3, 0.4) is 0 Å². The summed E-state index contributed by atoms with van der Waals surface area (Å²) in [6.45, 7) is 7.90. The van der Waals surface area contributed by atoms with Crippen LogP contribution in [0.15, 0.2) is 81.6 Å². The van der Waals surface area contributed by atoms with Gasteiger partial charge in [-0.2, -0.15) is 0 Å². The van der Waals surface area contributed by atoms with Crippen molar-refractivity contribution >= 4 is 55.3 Å². The van der Waals surface area contributed by atoms with E-state index < -0.39 is 32.1 Å². The Bertz CT molecular complexity index is 1910. The highest BCUT2D eigenvalue weighted by Gasteiger charge is 2.50. The Morgan fingerprint density at radius 1 is 1.04 bits per heavy atom. The third-order valence-electron chi connectivity index (χ3n) is 7.96. The number of anilines is 2. The third kappa shape index (κ3) is 6.74. The molecule has 244 valence electrons. The van der Waals surface area contributed by atoms with Gasteiger partial charge in [-0.05, 0) is 60.6 Å². The van der Waals surface area contributed by atoms with E-state index in [9.17, 15) is 32.2 Å². The van der Waals surface area contributed by atoms with E-state index in [1.165, 1.54) is 25.1 Å². The quantitative estimate of drug-likeness (QED) is 0.140. The molecule has 0 bridgehead atoms. The zero-order chi connectivity index (χ0) is 33.7. The normalized spacial score (nSPS) is 19.8. The molecule has 0 radical (unpaired) electrons. The summed E-state index contributed by atoms with van der Waals surface area (Å²) in [5.74, 6) is -1.20. The Labute approximate surface area is 270 Å². The van der Waals surface area contributed by atoms with Crippen molar-refractivity contribution in [3.63, 3.8) is 0 Å². The van der Waals surface area contributed by atoms with Crippen LogP contribution in [-0.2, 0) is 26.9 Å². The smallest absolute Gasteiger partial charge is 0.229 e. The highest BCUT2D eigenvalue weighted by atomic mass is 32.3. The number of carbonyl (C=O) groups is 2. The number of ketones is 2. The molecule has 13 heteroatoms. The second-order valence-corrected chi connectivity index (χ2v) is 16.3. The molecule has 0 amide bonds. The van der Waals surface area contributed by atoms with E-state index in [1.807, 2.05) is 6.07 Å². The molecule has 0 fully saturated rings. The summed E-state index contributed by atoms with van der Waals surface area (Å²) in [6, 6.07) is 18.3. The second-order valence-electron chi connectivity index (χ2n) is 12.8. The average molecular weight is 667 g/mol. The number of aliphatic hydroxyl groups excluding tert-OH is 1. The van der Waals surface area contributed by atoms with E-state index >= 15 is 0 Å². The summed E-state index contributed by atoms with van der Waals surface area (Å²) in [5, 5.41) is 18.1. The summed E-state index contributed by atoms with van der Waals surface area (Å²) in [5.41, 5.74) is 0.795. The number of amidine groups is 1. The minimum Gasteiger partial charge on any atom is -0.506 e. The first-order valence-corrected chi connectivity index (χ1v) is 18.0. The number of nitrogens with one attached hydrogen (secondary N) is 3.